The van der Waals surface area contributed by atoms with E-state index in [1.54, 1.807) is 20.8 Å². The second-order valence-electron chi connectivity index (χ2n) is 6.54. The van der Waals surface area contributed by atoms with E-state index in [1.165, 1.54) is 31.2 Å². The van der Waals surface area contributed by atoms with Crippen molar-refractivity contribution in [1.82, 2.24) is 10.6 Å². The van der Waals surface area contributed by atoms with Crippen molar-refractivity contribution in [2.45, 2.75) is 44.2 Å². The first-order valence-corrected chi connectivity index (χ1v) is 9.33. The summed E-state index contributed by atoms with van der Waals surface area (Å²) >= 11 is 0. The van der Waals surface area contributed by atoms with Crippen LogP contribution in [0.15, 0.2) is 29.2 Å². The number of imide groups is 1. The maximum absolute atomic E-state index is 12.0. The van der Waals surface area contributed by atoms with Gasteiger partial charge in [0.05, 0.1) is 10.5 Å². The van der Waals surface area contributed by atoms with Crippen LogP contribution in [0.5, 0.6) is 0 Å². The van der Waals surface area contributed by atoms with Crippen LogP contribution in [0, 0.1) is 0 Å². The fourth-order valence-corrected chi connectivity index (χ4v) is 2.34. The van der Waals surface area contributed by atoms with E-state index in [-0.39, 0.29) is 10.5 Å². The van der Waals surface area contributed by atoms with Crippen LogP contribution in [0.2, 0.25) is 0 Å². The normalized spacial score (nSPS) is 12.8. The number of amides is 3. The van der Waals surface area contributed by atoms with Crippen molar-refractivity contribution >= 4 is 27.7 Å². The molecule has 0 fully saturated rings. The third-order valence-corrected chi connectivity index (χ3v) is 4.02. The Morgan fingerprint density at radius 1 is 1.08 bits per heavy atom. The van der Waals surface area contributed by atoms with Gasteiger partial charge in [-0.05, 0) is 52.0 Å². The number of ether oxygens (including phenoxy) is 1. The van der Waals surface area contributed by atoms with Crippen molar-refractivity contribution in [3.63, 3.8) is 0 Å². The van der Waals surface area contributed by atoms with Gasteiger partial charge < -0.3 is 10.1 Å². The first-order chi connectivity index (χ1) is 11.3. The smallest absolute Gasteiger partial charge is 0.338 e. The van der Waals surface area contributed by atoms with Gasteiger partial charge in [0.15, 0.2) is 15.9 Å². The minimum Gasteiger partial charge on any atom is -0.449 e. The minimum absolute atomic E-state index is 0.0636. The molecule has 0 aliphatic rings. The lowest BCUT2D eigenvalue weighted by atomic mass is 10.1. The van der Waals surface area contributed by atoms with E-state index in [0.717, 1.165) is 6.26 Å². The molecule has 1 atom stereocenters. The van der Waals surface area contributed by atoms with Gasteiger partial charge in [0.1, 0.15) is 0 Å². The molecular weight excluding hydrogens is 348 g/mol. The quantitative estimate of drug-likeness (QED) is 0.770. The molecule has 3 amide bonds. The molecule has 1 unspecified atom stereocenters. The predicted octanol–water partition coefficient (Wildman–Crippen LogP) is 1.26. The Hall–Kier alpha value is -2.42. The van der Waals surface area contributed by atoms with E-state index in [9.17, 15) is 22.8 Å². The molecule has 2 N–H and O–H groups in total. The third kappa shape index (κ3) is 6.92. The van der Waals surface area contributed by atoms with Gasteiger partial charge in [0.2, 0.25) is 0 Å². The van der Waals surface area contributed by atoms with Gasteiger partial charge in [0, 0.05) is 11.8 Å². The van der Waals surface area contributed by atoms with Gasteiger partial charge in [-0.15, -0.1) is 0 Å². The molecule has 9 heteroatoms. The summed E-state index contributed by atoms with van der Waals surface area (Å²) in [6, 6.07) is 4.42. The SMILES string of the molecule is CC(OC(=O)c1ccc(S(C)(=O)=O)cc1)C(=O)NC(=O)NC(C)(C)C. The van der Waals surface area contributed by atoms with Crippen LogP contribution in [-0.4, -0.2) is 44.2 Å². The van der Waals surface area contributed by atoms with Crippen molar-refractivity contribution in [2.24, 2.45) is 0 Å². The summed E-state index contributed by atoms with van der Waals surface area (Å²) in [5.74, 6) is -1.58. The zero-order chi connectivity index (χ0) is 19.4. The Balaban J connectivity index is 2.67. The lowest BCUT2D eigenvalue weighted by Crippen LogP contribution is -2.50. The van der Waals surface area contributed by atoms with Crippen molar-refractivity contribution in [2.75, 3.05) is 6.26 Å². The Kier molecular flexibility index (Phi) is 6.31. The topological polar surface area (TPSA) is 119 Å². The molecule has 0 saturated carbocycles. The molecule has 1 rings (SSSR count). The largest absolute Gasteiger partial charge is 0.449 e. The highest BCUT2D eigenvalue weighted by atomic mass is 32.2. The fraction of sp³-hybridized carbons (Fsp3) is 0.438. The molecule has 0 aliphatic carbocycles. The number of urea groups is 1. The van der Waals surface area contributed by atoms with Gasteiger partial charge in [-0.2, -0.15) is 0 Å². The van der Waals surface area contributed by atoms with Crippen LogP contribution in [0.25, 0.3) is 0 Å². The zero-order valence-electron chi connectivity index (χ0n) is 14.7. The van der Waals surface area contributed by atoms with Crippen LogP contribution in [0.1, 0.15) is 38.1 Å². The third-order valence-electron chi connectivity index (χ3n) is 2.90. The van der Waals surface area contributed by atoms with Crippen LogP contribution >= 0.6 is 0 Å². The molecule has 25 heavy (non-hydrogen) atoms. The van der Waals surface area contributed by atoms with Crippen LogP contribution in [0.4, 0.5) is 4.79 Å². The number of esters is 1. The standard InChI is InChI=1S/C16H22N2O6S/c1-10(13(19)17-15(21)18-16(2,3)4)24-14(20)11-6-8-12(9-7-11)25(5,22)23/h6-10H,1-5H3,(H2,17,18,19,21). The first kappa shape index (κ1) is 20.6. The molecular formula is C16H22N2O6S. The summed E-state index contributed by atoms with van der Waals surface area (Å²) < 4.78 is 27.7. The Morgan fingerprint density at radius 3 is 2.04 bits per heavy atom. The molecule has 0 aromatic heterocycles. The fourth-order valence-electron chi connectivity index (χ4n) is 1.71. The minimum atomic E-state index is -3.37. The maximum atomic E-state index is 12.0. The summed E-state index contributed by atoms with van der Waals surface area (Å²) in [4.78, 5) is 35.5. The summed E-state index contributed by atoms with van der Waals surface area (Å²) in [6.07, 6.45) is -0.150. The second kappa shape index (κ2) is 7.64. The molecule has 1 aromatic rings. The van der Waals surface area contributed by atoms with Crippen molar-refractivity contribution < 1.29 is 27.5 Å². The Labute approximate surface area is 146 Å². The molecule has 0 heterocycles. The van der Waals surface area contributed by atoms with E-state index in [0.29, 0.717) is 0 Å². The first-order valence-electron chi connectivity index (χ1n) is 7.44. The molecule has 1 aromatic carbocycles. The van der Waals surface area contributed by atoms with Crippen LogP contribution in [0.3, 0.4) is 0 Å². The number of hydrogen-bond acceptors (Lipinski definition) is 6. The second-order valence-corrected chi connectivity index (χ2v) is 8.55. The van der Waals surface area contributed by atoms with E-state index in [1.807, 2.05) is 0 Å². The summed E-state index contributed by atoms with van der Waals surface area (Å²) in [5, 5.41) is 4.62. The van der Waals surface area contributed by atoms with Crippen molar-refractivity contribution in [3.8, 4) is 0 Å². The highest BCUT2D eigenvalue weighted by Crippen LogP contribution is 2.12. The van der Waals surface area contributed by atoms with Crippen LogP contribution < -0.4 is 10.6 Å². The van der Waals surface area contributed by atoms with Crippen molar-refractivity contribution in [3.05, 3.63) is 29.8 Å². The molecule has 0 bridgehead atoms. The van der Waals surface area contributed by atoms with E-state index < -0.39 is 39.4 Å². The summed E-state index contributed by atoms with van der Waals surface area (Å²) in [7, 11) is -3.37. The monoisotopic (exact) mass is 370 g/mol. The average molecular weight is 370 g/mol. The highest BCUT2D eigenvalue weighted by molar-refractivity contribution is 7.90. The van der Waals surface area contributed by atoms with Gasteiger partial charge >= 0.3 is 12.0 Å². The van der Waals surface area contributed by atoms with E-state index in [2.05, 4.69) is 10.6 Å². The average Bonchev–Trinajstić information content (AvgIpc) is 2.44. The summed E-state index contributed by atoms with van der Waals surface area (Å²) in [6.45, 7) is 6.57. The van der Waals surface area contributed by atoms with E-state index in [4.69, 9.17) is 4.74 Å². The van der Waals surface area contributed by atoms with Gasteiger partial charge in [-0.25, -0.2) is 18.0 Å². The number of rotatable bonds is 4. The van der Waals surface area contributed by atoms with Crippen LogP contribution in [-0.2, 0) is 19.4 Å². The zero-order valence-corrected chi connectivity index (χ0v) is 15.6. The number of nitrogens with one attached hydrogen (secondary N) is 2. The molecule has 0 saturated heterocycles. The molecule has 0 radical (unpaired) electrons. The van der Waals surface area contributed by atoms with Gasteiger partial charge in [-0.3, -0.25) is 10.1 Å². The number of carbonyl (C=O) groups is 3. The Bertz CT molecular complexity index is 763. The molecule has 8 nitrogen and oxygen atoms in total. The number of sulfone groups is 1. The molecule has 0 spiro atoms. The highest BCUT2D eigenvalue weighted by Gasteiger charge is 2.22. The van der Waals surface area contributed by atoms with E-state index >= 15 is 0 Å². The number of carbonyl (C=O) groups excluding carboxylic acids is 3. The number of hydrogen-bond donors (Lipinski definition) is 2. The predicted molar refractivity (Wildman–Crippen MR) is 90.9 cm³/mol. The summed E-state index contributed by atoms with van der Waals surface area (Å²) in [5.41, 5.74) is -0.433. The molecule has 138 valence electrons. The lowest BCUT2D eigenvalue weighted by molar-refractivity contribution is -0.127. The Morgan fingerprint density at radius 2 is 1.60 bits per heavy atom. The molecule has 0 aliphatic heterocycles. The lowest BCUT2D eigenvalue weighted by Gasteiger charge is -2.21. The van der Waals surface area contributed by atoms with Gasteiger partial charge in [0.25, 0.3) is 5.91 Å². The number of benzene rings is 1. The van der Waals surface area contributed by atoms with Crippen molar-refractivity contribution in [1.29, 1.82) is 0 Å². The van der Waals surface area contributed by atoms with Gasteiger partial charge in [-0.1, -0.05) is 0 Å². The maximum Gasteiger partial charge on any atom is 0.338 e.